The summed E-state index contributed by atoms with van der Waals surface area (Å²) >= 11 is 1.09. The smallest absolute Gasteiger partial charge is 0.292 e. The molecule has 130 valence electrons. The van der Waals surface area contributed by atoms with Crippen LogP contribution in [0.2, 0.25) is 0 Å². The van der Waals surface area contributed by atoms with E-state index in [2.05, 4.69) is 14.1 Å². The summed E-state index contributed by atoms with van der Waals surface area (Å²) in [5.74, 6) is 1.41. The van der Waals surface area contributed by atoms with Gasteiger partial charge in [-0.2, -0.15) is 0 Å². The number of nitrogens with zero attached hydrogens (tertiary/aromatic N) is 2. The molecule has 1 aromatic heterocycles. The summed E-state index contributed by atoms with van der Waals surface area (Å²) in [6.07, 6.45) is 3.91. The number of ether oxygens (including phenoxy) is 2. The molecule has 2 atom stereocenters. The zero-order chi connectivity index (χ0) is 15.7. The number of aromatic nitrogens is 2. The van der Waals surface area contributed by atoms with Gasteiger partial charge in [0.2, 0.25) is 0 Å². The van der Waals surface area contributed by atoms with Gasteiger partial charge >= 0.3 is 0 Å². The number of rotatable bonds is 6. The van der Waals surface area contributed by atoms with Gasteiger partial charge in [0.1, 0.15) is 5.82 Å². The molecule has 8 heteroatoms. The highest BCUT2D eigenvalue weighted by molar-refractivity contribution is 6.99. The Bertz CT molecular complexity index is 674. The molecular formula is C16H19ClFN3O2S. The van der Waals surface area contributed by atoms with Gasteiger partial charge in [0.25, 0.3) is 11.8 Å². The quantitative estimate of drug-likeness (QED) is 0.845. The average Bonchev–Trinajstić information content (AvgIpc) is 3.26. The number of hydrogen-bond acceptors (Lipinski definition) is 6. The fourth-order valence-corrected chi connectivity index (χ4v) is 3.76. The van der Waals surface area contributed by atoms with Crippen molar-refractivity contribution in [3.8, 4) is 11.8 Å². The van der Waals surface area contributed by atoms with Crippen LogP contribution in [0.3, 0.4) is 0 Å². The molecule has 0 radical (unpaired) electrons. The van der Waals surface area contributed by atoms with E-state index >= 15 is 0 Å². The van der Waals surface area contributed by atoms with Crippen LogP contribution in [0.4, 0.5) is 4.39 Å². The van der Waals surface area contributed by atoms with E-state index in [9.17, 15) is 4.39 Å². The lowest BCUT2D eigenvalue weighted by Crippen LogP contribution is -2.45. The molecule has 5 nitrogen and oxygen atoms in total. The summed E-state index contributed by atoms with van der Waals surface area (Å²) in [4.78, 5) is 0. The Balaban J connectivity index is 0.00000169. The maximum Gasteiger partial charge on any atom is 0.292 e. The molecule has 1 N–H and O–H groups in total. The molecule has 2 fully saturated rings. The van der Waals surface area contributed by atoms with Gasteiger partial charge in [-0.1, -0.05) is 12.1 Å². The molecule has 2 unspecified atom stereocenters. The maximum absolute atomic E-state index is 12.9. The first-order chi connectivity index (χ1) is 11.2. The van der Waals surface area contributed by atoms with E-state index in [-0.39, 0.29) is 23.9 Å². The van der Waals surface area contributed by atoms with Crippen LogP contribution >= 0.6 is 24.1 Å². The monoisotopic (exact) mass is 371 g/mol. The van der Waals surface area contributed by atoms with Crippen molar-refractivity contribution in [1.29, 1.82) is 0 Å². The minimum atomic E-state index is -0.282. The van der Waals surface area contributed by atoms with Gasteiger partial charge in [0.15, 0.2) is 5.72 Å². The zero-order valence-corrected chi connectivity index (χ0v) is 14.7. The Hall–Kier alpha value is -1.44. The normalized spacial score (nSPS) is 24.6. The van der Waals surface area contributed by atoms with Crippen molar-refractivity contribution in [2.75, 3.05) is 13.2 Å². The summed E-state index contributed by atoms with van der Waals surface area (Å²) in [7, 11) is 0. The van der Waals surface area contributed by atoms with Gasteiger partial charge in [-0.25, -0.2) is 4.39 Å². The van der Waals surface area contributed by atoms with Crippen LogP contribution in [0, 0.1) is 11.7 Å². The van der Waals surface area contributed by atoms with Crippen molar-refractivity contribution in [3.05, 3.63) is 35.6 Å². The Morgan fingerprint density at radius 2 is 2.04 bits per heavy atom. The van der Waals surface area contributed by atoms with E-state index < -0.39 is 0 Å². The van der Waals surface area contributed by atoms with Crippen molar-refractivity contribution in [2.45, 2.75) is 31.4 Å². The lowest BCUT2D eigenvalue weighted by atomic mass is 10.1. The van der Waals surface area contributed by atoms with Crippen LogP contribution in [0.5, 0.6) is 11.8 Å². The van der Waals surface area contributed by atoms with E-state index in [0.29, 0.717) is 30.7 Å². The number of piperidine rings is 1. The highest BCUT2D eigenvalue weighted by atomic mass is 35.5. The fraction of sp³-hybridized carbons (Fsp3) is 0.500. The lowest BCUT2D eigenvalue weighted by molar-refractivity contribution is 0.0478. The molecule has 2 aromatic rings. The molecule has 1 aromatic carbocycles. The van der Waals surface area contributed by atoms with Crippen LogP contribution in [-0.4, -0.2) is 27.6 Å². The SMILES string of the molecule is Cl.Fc1ccc(CCOc2nsnc2OC23CCC(CN2)C3)cc1. The second kappa shape index (κ2) is 7.21. The third-order valence-corrected chi connectivity index (χ3v) is 5.05. The first kappa shape index (κ1) is 17.4. The number of fused-ring (bicyclic) bond motifs is 2. The standard InChI is InChI=1S/C16H18FN3O2S.ClH/c17-13-3-1-11(2-4-13)6-8-21-14-15(20-23-19-14)22-16-7-5-12(9-16)10-18-16;/h1-4,12,18H,5-10H2;1H. The molecule has 2 bridgehead atoms. The highest BCUT2D eigenvalue weighted by Crippen LogP contribution is 2.42. The van der Waals surface area contributed by atoms with Crippen LogP contribution < -0.4 is 14.8 Å². The van der Waals surface area contributed by atoms with Gasteiger partial charge in [0.05, 0.1) is 18.3 Å². The summed E-state index contributed by atoms with van der Waals surface area (Å²) in [6, 6.07) is 6.43. The minimum absolute atomic E-state index is 0. The predicted octanol–water partition coefficient (Wildman–Crippen LogP) is 3.20. The highest BCUT2D eigenvalue weighted by Gasteiger charge is 2.47. The number of hydrogen-bond donors (Lipinski definition) is 1. The van der Waals surface area contributed by atoms with Crippen molar-refractivity contribution in [2.24, 2.45) is 5.92 Å². The van der Waals surface area contributed by atoms with E-state index in [4.69, 9.17) is 9.47 Å². The first-order valence-electron chi connectivity index (χ1n) is 7.86. The van der Waals surface area contributed by atoms with Crippen molar-refractivity contribution < 1.29 is 13.9 Å². The topological polar surface area (TPSA) is 56.3 Å². The Morgan fingerprint density at radius 1 is 1.25 bits per heavy atom. The van der Waals surface area contributed by atoms with Gasteiger partial charge in [-0.05, 0) is 30.0 Å². The molecule has 1 saturated heterocycles. The van der Waals surface area contributed by atoms with E-state index in [1.54, 1.807) is 12.1 Å². The Kier molecular flexibility index (Phi) is 5.22. The first-order valence-corrected chi connectivity index (χ1v) is 8.59. The summed E-state index contributed by atoms with van der Waals surface area (Å²) in [6.45, 7) is 1.47. The molecule has 0 spiro atoms. The number of benzene rings is 1. The molecule has 1 saturated carbocycles. The molecule has 0 amide bonds. The van der Waals surface area contributed by atoms with E-state index in [1.165, 1.54) is 18.6 Å². The lowest BCUT2D eigenvalue weighted by Gasteiger charge is -2.27. The molecule has 24 heavy (non-hydrogen) atoms. The van der Waals surface area contributed by atoms with Crippen molar-refractivity contribution in [1.82, 2.24) is 14.1 Å². The molecule has 1 aliphatic carbocycles. The summed E-state index contributed by atoms with van der Waals surface area (Å²) in [5.41, 5.74) is 0.738. The van der Waals surface area contributed by atoms with Crippen LogP contribution in [0.25, 0.3) is 0 Å². The van der Waals surface area contributed by atoms with Gasteiger partial charge in [-0.3, -0.25) is 5.32 Å². The number of nitrogens with one attached hydrogen (secondary N) is 1. The third kappa shape index (κ3) is 3.63. The van der Waals surface area contributed by atoms with Gasteiger partial charge in [-0.15, -0.1) is 21.2 Å². The minimum Gasteiger partial charge on any atom is -0.473 e. The summed E-state index contributed by atoms with van der Waals surface area (Å²) < 4.78 is 33.1. The van der Waals surface area contributed by atoms with Crippen LogP contribution in [0.1, 0.15) is 24.8 Å². The molecule has 1 aliphatic heterocycles. The molecule has 2 heterocycles. The second-order valence-corrected chi connectivity index (χ2v) is 6.71. The summed E-state index contributed by atoms with van der Waals surface area (Å²) in [5, 5.41) is 3.45. The second-order valence-electron chi connectivity index (χ2n) is 6.19. The fourth-order valence-electron chi connectivity index (χ4n) is 3.33. The molecular weight excluding hydrogens is 353 g/mol. The maximum atomic E-state index is 12.9. The van der Waals surface area contributed by atoms with E-state index in [0.717, 1.165) is 36.7 Å². The van der Waals surface area contributed by atoms with Crippen molar-refractivity contribution >= 4 is 24.1 Å². The van der Waals surface area contributed by atoms with Crippen LogP contribution in [0.15, 0.2) is 24.3 Å². The van der Waals surface area contributed by atoms with Crippen LogP contribution in [-0.2, 0) is 6.42 Å². The van der Waals surface area contributed by atoms with E-state index in [1.807, 2.05) is 0 Å². The Morgan fingerprint density at radius 3 is 2.71 bits per heavy atom. The Labute approximate surface area is 150 Å². The van der Waals surface area contributed by atoms with Gasteiger partial charge in [0, 0.05) is 25.8 Å². The zero-order valence-electron chi connectivity index (χ0n) is 13.0. The third-order valence-electron chi connectivity index (χ3n) is 4.55. The molecule has 2 aliphatic rings. The average molecular weight is 372 g/mol. The predicted molar refractivity (Wildman–Crippen MR) is 91.5 cm³/mol. The van der Waals surface area contributed by atoms with Crippen molar-refractivity contribution in [3.63, 3.8) is 0 Å². The largest absolute Gasteiger partial charge is 0.473 e. The number of halogens is 2. The van der Waals surface area contributed by atoms with Gasteiger partial charge < -0.3 is 9.47 Å². The molecule has 4 rings (SSSR count).